The first-order valence-electron chi connectivity index (χ1n) is 10.3. The van der Waals surface area contributed by atoms with E-state index in [9.17, 15) is 13.2 Å². The zero-order chi connectivity index (χ0) is 22.0. The number of hydrogen-bond donors (Lipinski definition) is 1. The van der Waals surface area contributed by atoms with Gasteiger partial charge in [-0.3, -0.25) is 4.79 Å². The molecule has 0 radical (unpaired) electrons. The van der Waals surface area contributed by atoms with Crippen molar-refractivity contribution >= 4 is 50.4 Å². The lowest BCUT2D eigenvalue weighted by Crippen LogP contribution is -2.48. The summed E-state index contributed by atoms with van der Waals surface area (Å²) in [6.45, 7) is 5.69. The van der Waals surface area contributed by atoms with Crippen molar-refractivity contribution in [3.8, 4) is 0 Å². The highest BCUT2D eigenvalue weighted by atomic mass is 32.2. The first-order valence-corrected chi connectivity index (χ1v) is 13.6. The fourth-order valence-electron chi connectivity index (χ4n) is 4.67. The smallest absolute Gasteiger partial charge is 0.268 e. The van der Waals surface area contributed by atoms with Crippen molar-refractivity contribution in [3.05, 3.63) is 65.4 Å². The Balaban J connectivity index is 1.73. The molecule has 162 valence electrons. The second-order valence-corrected chi connectivity index (χ2v) is 13.4. The minimum atomic E-state index is -3.73. The van der Waals surface area contributed by atoms with Gasteiger partial charge in [0.1, 0.15) is 4.08 Å². The molecular formula is C23H24N2O3S3. The fourth-order valence-corrected chi connectivity index (χ4v) is 9.85. The summed E-state index contributed by atoms with van der Waals surface area (Å²) in [7, 11) is -3.73. The molecule has 1 aromatic heterocycles. The fraction of sp³-hybridized carbons (Fsp3) is 0.348. The third-order valence-corrected chi connectivity index (χ3v) is 11.6. The number of aryl methyl sites for hydroxylation is 1. The average Bonchev–Trinajstić information content (AvgIpc) is 3.29. The van der Waals surface area contributed by atoms with E-state index in [0.717, 1.165) is 27.8 Å². The first kappa shape index (κ1) is 21.0. The van der Waals surface area contributed by atoms with Gasteiger partial charge in [0.2, 0.25) is 5.91 Å². The molecule has 3 unspecified atom stereocenters. The number of rotatable bonds is 3. The summed E-state index contributed by atoms with van der Waals surface area (Å²) in [6.07, 6.45) is 2.36. The molecular weight excluding hydrogens is 448 g/mol. The number of amides is 1. The molecule has 1 aliphatic heterocycles. The lowest BCUT2D eigenvalue weighted by Gasteiger charge is -2.40. The summed E-state index contributed by atoms with van der Waals surface area (Å²) in [5.41, 5.74) is 3.80. The number of thioether (sulfide) groups is 2. The van der Waals surface area contributed by atoms with Gasteiger partial charge in [-0.2, -0.15) is 0 Å². The minimum absolute atomic E-state index is 0.0625. The Hall–Kier alpha value is -1.90. The minimum Gasteiger partial charge on any atom is -0.351 e. The molecule has 8 heteroatoms. The predicted octanol–water partition coefficient (Wildman–Crippen LogP) is 4.27. The van der Waals surface area contributed by atoms with Crippen LogP contribution in [0.1, 0.15) is 30.5 Å². The molecule has 2 aliphatic rings. The van der Waals surface area contributed by atoms with E-state index < -0.39 is 10.0 Å². The maximum absolute atomic E-state index is 13.5. The Bertz CT molecular complexity index is 1300. The summed E-state index contributed by atoms with van der Waals surface area (Å²) in [4.78, 5) is 12.3. The van der Waals surface area contributed by atoms with Gasteiger partial charge >= 0.3 is 0 Å². The predicted molar refractivity (Wildman–Crippen MR) is 128 cm³/mol. The number of nitrogens with one attached hydrogen (secondary N) is 1. The number of fused-ring (bicyclic) bond motifs is 1. The maximum atomic E-state index is 13.5. The quantitative estimate of drug-likeness (QED) is 0.617. The molecule has 2 aromatic carbocycles. The van der Waals surface area contributed by atoms with E-state index in [1.807, 2.05) is 54.7 Å². The molecule has 3 aromatic rings. The van der Waals surface area contributed by atoms with Crippen LogP contribution in [0.5, 0.6) is 0 Å². The van der Waals surface area contributed by atoms with Gasteiger partial charge in [0.15, 0.2) is 0 Å². The van der Waals surface area contributed by atoms with Crippen LogP contribution in [-0.4, -0.2) is 35.3 Å². The van der Waals surface area contributed by atoms with Crippen LogP contribution in [0.2, 0.25) is 0 Å². The first-order chi connectivity index (χ1) is 14.7. The van der Waals surface area contributed by atoms with Crippen LogP contribution in [0.25, 0.3) is 10.9 Å². The van der Waals surface area contributed by atoms with E-state index in [0.29, 0.717) is 17.2 Å². The van der Waals surface area contributed by atoms with E-state index in [2.05, 4.69) is 18.3 Å². The maximum Gasteiger partial charge on any atom is 0.268 e. The van der Waals surface area contributed by atoms with Crippen molar-refractivity contribution in [3.63, 3.8) is 0 Å². The van der Waals surface area contributed by atoms with Crippen molar-refractivity contribution in [2.45, 2.75) is 47.5 Å². The number of aromatic nitrogens is 1. The highest BCUT2D eigenvalue weighted by molar-refractivity contribution is 8.21. The SMILES string of the molecule is CC(=O)NC1Cc2cn(S(=O)(=O)c3ccc(C)cc3)c3cccc(c23)C12SCC(C)S2. The Morgan fingerprint density at radius 1 is 1.19 bits per heavy atom. The van der Waals surface area contributed by atoms with E-state index in [1.54, 1.807) is 25.3 Å². The van der Waals surface area contributed by atoms with Crippen molar-refractivity contribution in [1.29, 1.82) is 0 Å². The summed E-state index contributed by atoms with van der Waals surface area (Å²) < 4.78 is 28.2. The van der Waals surface area contributed by atoms with Gasteiger partial charge in [0, 0.05) is 29.5 Å². The number of carbonyl (C=O) groups excluding carboxylic acids is 1. The topological polar surface area (TPSA) is 68.2 Å². The van der Waals surface area contributed by atoms with Gasteiger partial charge in [-0.25, -0.2) is 12.4 Å². The van der Waals surface area contributed by atoms with Crippen molar-refractivity contribution < 1.29 is 13.2 Å². The summed E-state index contributed by atoms with van der Waals surface area (Å²) in [5.74, 6) is 0.932. The van der Waals surface area contributed by atoms with Crippen LogP contribution in [-0.2, 0) is 25.3 Å². The standard InChI is InChI=1S/C23H24N2O3S3/c1-14-7-9-18(10-8-14)31(27,28)25-12-17-11-21(24-16(3)26)23(29-13-15(2)30-23)19-5-4-6-20(25)22(17)19/h4-10,12,15,21H,11,13H2,1-3H3,(H,24,26). The van der Waals surface area contributed by atoms with Crippen LogP contribution in [0.3, 0.4) is 0 Å². The van der Waals surface area contributed by atoms with E-state index >= 15 is 0 Å². The Kier molecular flexibility index (Phi) is 4.95. The normalized spacial score (nSPS) is 25.3. The van der Waals surface area contributed by atoms with Gasteiger partial charge < -0.3 is 5.32 Å². The van der Waals surface area contributed by atoms with Crippen LogP contribution in [0, 0.1) is 6.92 Å². The Labute approximate surface area is 191 Å². The zero-order valence-electron chi connectivity index (χ0n) is 17.6. The van der Waals surface area contributed by atoms with Gasteiger partial charge in [-0.05, 0) is 42.7 Å². The lowest BCUT2D eigenvalue weighted by atomic mass is 9.88. The molecule has 3 atom stereocenters. The molecule has 0 bridgehead atoms. The summed E-state index contributed by atoms with van der Waals surface area (Å²) in [6, 6.07) is 12.8. The Morgan fingerprint density at radius 2 is 1.94 bits per heavy atom. The second kappa shape index (κ2) is 7.32. The molecule has 2 heterocycles. The molecule has 1 fully saturated rings. The van der Waals surface area contributed by atoms with Crippen LogP contribution in [0.15, 0.2) is 53.6 Å². The third kappa shape index (κ3) is 3.22. The Morgan fingerprint density at radius 3 is 2.58 bits per heavy atom. The van der Waals surface area contributed by atoms with Gasteiger partial charge in [-0.15, -0.1) is 23.5 Å². The number of nitrogens with zero attached hydrogens (tertiary/aromatic N) is 1. The molecule has 1 N–H and O–H groups in total. The van der Waals surface area contributed by atoms with Crippen LogP contribution in [0.4, 0.5) is 0 Å². The number of carbonyl (C=O) groups is 1. The molecule has 1 aliphatic carbocycles. The molecule has 31 heavy (non-hydrogen) atoms. The third-order valence-electron chi connectivity index (χ3n) is 6.00. The van der Waals surface area contributed by atoms with Crippen molar-refractivity contribution in [2.24, 2.45) is 0 Å². The van der Waals surface area contributed by atoms with Crippen molar-refractivity contribution in [2.75, 3.05) is 5.75 Å². The molecule has 5 rings (SSSR count). The molecule has 1 saturated heterocycles. The highest BCUT2D eigenvalue weighted by Crippen LogP contribution is 2.61. The van der Waals surface area contributed by atoms with E-state index in [4.69, 9.17) is 0 Å². The molecule has 5 nitrogen and oxygen atoms in total. The zero-order valence-corrected chi connectivity index (χ0v) is 20.0. The average molecular weight is 473 g/mol. The van der Waals surface area contributed by atoms with Crippen LogP contribution < -0.4 is 5.32 Å². The number of benzene rings is 2. The van der Waals surface area contributed by atoms with Gasteiger partial charge in [0.25, 0.3) is 10.0 Å². The second-order valence-electron chi connectivity index (χ2n) is 8.33. The lowest BCUT2D eigenvalue weighted by molar-refractivity contribution is -0.119. The monoisotopic (exact) mass is 472 g/mol. The van der Waals surface area contributed by atoms with Crippen LogP contribution >= 0.6 is 23.5 Å². The summed E-state index contributed by atoms with van der Waals surface area (Å²) in [5, 5.41) is 4.63. The molecule has 1 amide bonds. The molecule has 1 spiro atoms. The van der Waals surface area contributed by atoms with E-state index in [1.165, 1.54) is 3.97 Å². The molecule has 0 saturated carbocycles. The number of hydrogen-bond acceptors (Lipinski definition) is 5. The van der Waals surface area contributed by atoms with Crippen molar-refractivity contribution in [1.82, 2.24) is 9.29 Å². The largest absolute Gasteiger partial charge is 0.351 e. The van der Waals surface area contributed by atoms with E-state index in [-0.39, 0.29) is 20.9 Å². The summed E-state index contributed by atoms with van der Waals surface area (Å²) >= 11 is 3.74. The van der Waals surface area contributed by atoms with Gasteiger partial charge in [0.05, 0.1) is 16.5 Å². The highest BCUT2D eigenvalue weighted by Gasteiger charge is 2.51. The van der Waals surface area contributed by atoms with Gasteiger partial charge in [-0.1, -0.05) is 36.8 Å².